The summed E-state index contributed by atoms with van der Waals surface area (Å²) in [5.74, 6) is 1.89. The maximum Gasteiger partial charge on any atom is 0.333 e. The van der Waals surface area contributed by atoms with Gasteiger partial charge in [-0.1, -0.05) is 5.82 Å². The van der Waals surface area contributed by atoms with Crippen LogP contribution in [-0.4, -0.2) is 18.5 Å². The van der Waals surface area contributed by atoms with Crippen LogP contribution in [-0.2, 0) is 9.53 Å². The van der Waals surface area contributed by atoms with E-state index >= 15 is 0 Å². The molecule has 0 saturated carbocycles. The SMILES string of the molecule is C/C(=C\P)C(=O)OCCCCl. The molecule has 0 aromatic heterocycles. The molecule has 0 N–H and O–H groups in total. The van der Waals surface area contributed by atoms with Crippen LogP contribution in [0, 0.1) is 0 Å². The number of rotatable bonds is 4. The molecule has 4 heteroatoms. The van der Waals surface area contributed by atoms with Crippen LogP contribution < -0.4 is 0 Å². The van der Waals surface area contributed by atoms with Crippen molar-refractivity contribution >= 4 is 26.8 Å². The van der Waals surface area contributed by atoms with E-state index in [9.17, 15) is 4.79 Å². The van der Waals surface area contributed by atoms with Gasteiger partial charge in [-0.3, -0.25) is 0 Å². The van der Waals surface area contributed by atoms with Crippen LogP contribution in [0.1, 0.15) is 13.3 Å². The fourth-order valence-electron chi connectivity index (χ4n) is 0.401. The van der Waals surface area contributed by atoms with E-state index in [0.717, 1.165) is 0 Å². The van der Waals surface area contributed by atoms with Crippen LogP contribution in [0.25, 0.3) is 0 Å². The van der Waals surface area contributed by atoms with E-state index in [1.54, 1.807) is 12.7 Å². The number of halogens is 1. The van der Waals surface area contributed by atoms with Crippen molar-refractivity contribution in [1.82, 2.24) is 0 Å². The highest BCUT2D eigenvalue weighted by Gasteiger charge is 2.02. The quantitative estimate of drug-likeness (QED) is 0.225. The van der Waals surface area contributed by atoms with Crippen molar-refractivity contribution in [3.63, 3.8) is 0 Å². The lowest BCUT2D eigenvalue weighted by molar-refractivity contribution is -0.138. The monoisotopic (exact) mass is 194 g/mol. The van der Waals surface area contributed by atoms with Crippen LogP contribution >= 0.6 is 20.8 Å². The third-order valence-electron chi connectivity index (χ3n) is 1.08. The second-order valence-electron chi connectivity index (χ2n) is 2.03. The van der Waals surface area contributed by atoms with Gasteiger partial charge in [-0.25, -0.2) is 4.79 Å². The van der Waals surface area contributed by atoms with Gasteiger partial charge in [-0.2, -0.15) is 0 Å². The van der Waals surface area contributed by atoms with E-state index in [1.165, 1.54) is 0 Å². The summed E-state index contributed by atoms with van der Waals surface area (Å²) in [7, 11) is 2.35. The van der Waals surface area contributed by atoms with Gasteiger partial charge in [0, 0.05) is 11.5 Å². The molecule has 0 saturated heterocycles. The molecule has 2 nitrogen and oxygen atoms in total. The fraction of sp³-hybridized carbons (Fsp3) is 0.571. The molecular weight excluding hydrogens is 183 g/mol. The molecule has 0 aliphatic carbocycles. The van der Waals surface area contributed by atoms with Crippen molar-refractivity contribution in [2.45, 2.75) is 13.3 Å². The molecule has 1 atom stereocenters. The first-order valence-corrected chi connectivity index (χ1v) is 4.54. The van der Waals surface area contributed by atoms with E-state index in [-0.39, 0.29) is 5.97 Å². The summed E-state index contributed by atoms with van der Waals surface area (Å²) in [4.78, 5) is 10.9. The summed E-state index contributed by atoms with van der Waals surface area (Å²) in [6.45, 7) is 2.11. The average molecular weight is 195 g/mol. The Balaban J connectivity index is 3.53. The number of alkyl halides is 1. The van der Waals surface area contributed by atoms with Gasteiger partial charge in [0.15, 0.2) is 0 Å². The predicted octanol–water partition coefficient (Wildman–Crippen LogP) is 1.94. The Labute approximate surface area is 74.1 Å². The molecule has 0 aliphatic heterocycles. The number of hydrogen-bond acceptors (Lipinski definition) is 2. The second-order valence-corrected chi connectivity index (χ2v) is 2.74. The number of carbonyl (C=O) groups excluding carboxylic acids is 1. The van der Waals surface area contributed by atoms with Gasteiger partial charge in [0.2, 0.25) is 0 Å². The first-order valence-electron chi connectivity index (χ1n) is 3.34. The van der Waals surface area contributed by atoms with Gasteiger partial charge in [-0.15, -0.1) is 20.8 Å². The Morgan fingerprint density at radius 1 is 1.73 bits per heavy atom. The molecule has 0 aromatic rings. The van der Waals surface area contributed by atoms with Gasteiger partial charge in [0.05, 0.1) is 6.61 Å². The van der Waals surface area contributed by atoms with E-state index in [2.05, 4.69) is 9.24 Å². The van der Waals surface area contributed by atoms with Gasteiger partial charge in [0.1, 0.15) is 0 Å². The average Bonchev–Trinajstić information content (AvgIpc) is 2.03. The molecule has 0 radical (unpaired) electrons. The molecule has 0 rings (SSSR count). The highest BCUT2D eigenvalue weighted by molar-refractivity contribution is 7.20. The molecule has 0 fully saturated rings. The summed E-state index contributed by atoms with van der Waals surface area (Å²) < 4.78 is 4.83. The van der Waals surface area contributed by atoms with E-state index in [0.29, 0.717) is 24.5 Å². The normalized spacial score (nSPS) is 11.4. The van der Waals surface area contributed by atoms with Crippen molar-refractivity contribution < 1.29 is 9.53 Å². The van der Waals surface area contributed by atoms with Crippen LogP contribution in [0.5, 0.6) is 0 Å². The fourth-order valence-corrected chi connectivity index (χ4v) is 0.646. The van der Waals surface area contributed by atoms with Crippen LogP contribution in [0.2, 0.25) is 0 Å². The van der Waals surface area contributed by atoms with Crippen molar-refractivity contribution in [2.75, 3.05) is 12.5 Å². The lowest BCUT2D eigenvalue weighted by Crippen LogP contribution is -2.06. The molecular formula is C7H12ClO2P. The first kappa shape index (κ1) is 10.9. The van der Waals surface area contributed by atoms with Crippen molar-refractivity contribution in [3.05, 3.63) is 11.4 Å². The zero-order valence-corrected chi connectivity index (χ0v) is 8.38. The maximum atomic E-state index is 10.9. The number of ether oxygens (including phenoxy) is 1. The zero-order valence-electron chi connectivity index (χ0n) is 6.47. The standard InChI is InChI=1S/C7H12ClO2P/c1-6(5-11)7(9)10-4-2-3-8/h5H,2-4,11H2,1H3/b6-5+. The summed E-state index contributed by atoms with van der Waals surface area (Å²) in [6.07, 6.45) is 0.706. The van der Waals surface area contributed by atoms with E-state index in [4.69, 9.17) is 16.3 Å². The highest BCUT2D eigenvalue weighted by Crippen LogP contribution is 2.00. The summed E-state index contributed by atoms with van der Waals surface area (Å²) in [5, 5.41) is 0. The van der Waals surface area contributed by atoms with Crippen LogP contribution in [0.15, 0.2) is 11.4 Å². The summed E-state index contributed by atoms with van der Waals surface area (Å²) >= 11 is 5.39. The van der Waals surface area contributed by atoms with Crippen LogP contribution in [0.3, 0.4) is 0 Å². The van der Waals surface area contributed by atoms with Gasteiger partial charge >= 0.3 is 5.97 Å². The van der Waals surface area contributed by atoms with E-state index < -0.39 is 0 Å². The Morgan fingerprint density at radius 2 is 2.36 bits per heavy atom. The highest BCUT2D eigenvalue weighted by atomic mass is 35.5. The van der Waals surface area contributed by atoms with Crippen LogP contribution in [0.4, 0.5) is 0 Å². The molecule has 64 valence electrons. The summed E-state index contributed by atoms with van der Waals surface area (Å²) in [6, 6.07) is 0. The molecule has 0 spiro atoms. The number of hydrogen-bond donors (Lipinski definition) is 0. The predicted molar refractivity (Wildman–Crippen MR) is 49.8 cm³/mol. The zero-order chi connectivity index (χ0) is 8.69. The van der Waals surface area contributed by atoms with Crippen molar-refractivity contribution in [2.24, 2.45) is 0 Å². The lowest BCUT2D eigenvalue weighted by Gasteiger charge is -2.01. The minimum absolute atomic E-state index is 0.273. The third-order valence-corrected chi connectivity index (χ3v) is 1.85. The Hall–Kier alpha value is -0.0700. The molecule has 0 aromatic carbocycles. The largest absolute Gasteiger partial charge is 0.462 e. The third kappa shape index (κ3) is 5.23. The Bertz CT molecular complexity index is 157. The van der Waals surface area contributed by atoms with Gasteiger partial charge < -0.3 is 4.74 Å². The number of esters is 1. The number of carbonyl (C=O) groups is 1. The maximum absolute atomic E-state index is 10.9. The van der Waals surface area contributed by atoms with Crippen molar-refractivity contribution in [3.8, 4) is 0 Å². The van der Waals surface area contributed by atoms with Gasteiger partial charge in [0.25, 0.3) is 0 Å². The first-order chi connectivity index (χ1) is 5.22. The lowest BCUT2D eigenvalue weighted by atomic mass is 10.4. The van der Waals surface area contributed by atoms with E-state index in [1.807, 2.05) is 0 Å². The topological polar surface area (TPSA) is 26.3 Å². The molecule has 0 heterocycles. The minimum Gasteiger partial charge on any atom is -0.462 e. The molecule has 0 amide bonds. The Kier molecular flexibility index (Phi) is 6.59. The smallest absolute Gasteiger partial charge is 0.333 e. The molecule has 1 unspecified atom stereocenters. The molecule has 0 aliphatic rings. The van der Waals surface area contributed by atoms with Gasteiger partial charge in [-0.05, 0) is 13.3 Å². The Morgan fingerprint density at radius 3 is 2.82 bits per heavy atom. The van der Waals surface area contributed by atoms with Crippen molar-refractivity contribution in [1.29, 1.82) is 0 Å². The second kappa shape index (κ2) is 6.63. The molecule has 0 bridgehead atoms. The molecule has 11 heavy (non-hydrogen) atoms. The minimum atomic E-state index is -0.273. The summed E-state index contributed by atoms with van der Waals surface area (Å²) in [5.41, 5.74) is 0.601.